The van der Waals surface area contributed by atoms with Crippen LogP contribution in [0.1, 0.15) is 21.5 Å². The summed E-state index contributed by atoms with van der Waals surface area (Å²) in [6.07, 6.45) is 0.892. The van der Waals surface area contributed by atoms with E-state index in [4.69, 9.17) is 4.74 Å². The van der Waals surface area contributed by atoms with Crippen molar-refractivity contribution in [3.05, 3.63) is 71.0 Å². The molecular formula is C16H16BrFO. The van der Waals surface area contributed by atoms with Gasteiger partial charge in [-0.15, -0.1) is 0 Å². The highest BCUT2D eigenvalue weighted by atomic mass is 79.9. The molecule has 0 aliphatic carbocycles. The normalized spacial score (nSPS) is 12.4. The molecule has 0 radical (unpaired) electrons. The van der Waals surface area contributed by atoms with E-state index in [2.05, 4.69) is 28.1 Å². The third-order valence-corrected chi connectivity index (χ3v) is 4.07. The molecule has 100 valence electrons. The molecule has 0 heterocycles. The molecule has 0 bridgehead atoms. The van der Waals surface area contributed by atoms with E-state index in [0.717, 1.165) is 12.0 Å². The van der Waals surface area contributed by atoms with E-state index in [1.54, 1.807) is 19.2 Å². The van der Waals surface area contributed by atoms with Gasteiger partial charge in [0.05, 0.1) is 11.4 Å². The predicted octanol–water partition coefficient (Wildman–Crippen LogP) is 4.50. The van der Waals surface area contributed by atoms with Crippen LogP contribution in [0.3, 0.4) is 0 Å². The minimum absolute atomic E-state index is 0.120. The van der Waals surface area contributed by atoms with Crippen molar-refractivity contribution in [3.63, 3.8) is 0 Å². The van der Waals surface area contributed by atoms with Gasteiger partial charge in [-0.3, -0.25) is 0 Å². The van der Waals surface area contributed by atoms with E-state index in [9.17, 15) is 4.39 Å². The SMILES string of the molecule is COCCc1ccc(C(Br)c2ccccc2F)cc1. The zero-order valence-electron chi connectivity index (χ0n) is 10.8. The van der Waals surface area contributed by atoms with Crippen LogP contribution in [0.4, 0.5) is 4.39 Å². The van der Waals surface area contributed by atoms with Gasteiger partial charge < -0.3 is 4.74 Å². The Morgan fingerprint density at radius 2 is 1.79 bits per heavy atom. The highest BCUT2D eigenvalue weighted by Crippen LogP contribution is 2.32. The van der Waals surface area contributed by atoms with Crippen LogP contribution in [0.5, 0.6) is 0 Å². The van der Waals surface area contributed by atoms with E-state index >= 15 is 0 Å². The molecule has 2 aromatic rings. The smallest absolute Gasteiger partial charge is 0.127 e. The number of methoxy groups -OCH3 is 1. The average Bonchev–Trinajstić information content (AvgIpc) is 2.45. The van der Waals surface area contributed by atoms with Gasteiger partial charge in [-0.25, -0.2) is 4.39 Å². The third kappa shape index (κ3) is 3.64. The summed E-state index contributed by atoms with van der Waals surface area (Å²) in [5, 5.41) is 0. The second-order valence-corrected chi connectivity index (χ2v) is 5.28. The Kier molecular flexibility index (Phi) is 5.11. The maximum atomic E-state index is 13.7. The van der Waals surface area contributed by atoms with Crippen LogP contribution >= 0.6 is 15.9 Å². The maximum Gasteiger partial charge on any atom is 0.127 e. The highest BCUT2D eigenvalue weighted by molar-refractivity contribution is 9.09. The summed E-state index contributed by atoms with van der Waals surface area (Å²) in [5.74, 6) is -0.187. The van der Waals surface area contributed by atoms with Crippen molar-refractivity contribution in [2.24, 2.45) is 0 Å². The molecule has 1 nitrogen and oxygen atoms in total. The molecule has 2 rings (SSSR count). The molecule has 0 fully saturated rings. The highest BCUT2D eigenvalue weighted by Gasteiger charge is 2.13. The molecule has 0 N–H and O–H groups in total. The lowest BCUT2D eigenvalue weighted by Crippen LogP contribution is -1.98. The van der Waals surface area contributed by atoms with Gasteiger partial charge in [-0.2, -0.15) is 0 Å². The summed E-state index contributed by atoms with van der Waals surface area (Å²) in [6.45, 7) is 0.713. The first kappa shape index (κ1) is 14.2. The van der Waals surface area contributed by atoms with E-state index in [1.807, 2.05) is 18.2 Å². The largest absolute Gasteiger partial charge is 0.384 e. The van der Waals surface area contributed by atoms with E-state index in [1.165, 1.54) is 11.6 Å². The lowest BCUT2D eigenvalue weighted by atomic mass is 10.0. The van der Waals surface area contributed by atoms with Gasteiger partial charge in [-0.05, 0) is 23.6 Å². The van der Waals surface area contributed by atoms with Crippen LogP contribution in [0, 0.1) is 5.82 Å². The quantitative estimate of drug-likeness (QED) is 0.736. The van der Waals surface area contributed by atoms with Crippen molar-refractivity contribution in [3.8, 4) is 0 Å². The molecular weight excluding hydrogens is 307 g/mol. The molecule has 0 aromatic heterocycles. The monoisotopic (exact) mass is 322 g/mol. The number of ether oxygens (including phenoxy) is 1. The molecule has 2 aromatic carbocycles. The molecule has 0 amide bonds. The van der Waals surface area contributed by atoms with Crippen LogP contribution in [0.15, 0.2) is 48.5 Å². The Balaban J connectivity index is 2.16. The summed E-state index contributed by atoms with van der Waals surface area (Å²) < 4.78 is 18.8. The van der Waals surface area contributed by atoms with Crippen molar-refractivity contribution in [1.82, 2.24) is 0 Å². The molecule has 1 atom stereocenters. The van der Waals surface area contributed by atoms with Gasteiger partial charge in [0.1, 0.15) is 5.82 Å². The lowest BCUT2D eigenvalue weighted by molar-refractivity contribution is 0.202. The zero-order valence-corrected chi connectivity index (χ0v) is 12.4. The van der Waals surface area contributed by atoms with Gasteiger partial charge >= 0.3 is 0 Å². The summed E-state index contributed by atoms with van der Waals surface area (Å²) in [6, 6.07) is 15.0. The van der Waals surface area contributed by atoms with E-state index < -0.39 is 0 Å². The number of hydrogen-bond acceptors (Lipinski definition) is 1. The number of rotatable bonds is 5. The van der Waals surface area contributed by atoms with Crippen molar-refractivity contribution in [2.45, 2.75) is 11.2 Å². The lowest BCUT2D eigenvalue weighted by Gasteiger charge is -2.12. The fraction of sp³-hybridized carbons (Fsp3) is 0.250. The molecule has 19 heavy (non-hydrogen) atoms. The van der Waals surface area contributed by atoms with Crippen molar-refractivity contribution >= 4 is 15.9 Å². The van der Waals surface area contributed by atoms with E-state index in [-0.39, 0.29) is 10.6 Å². The minimum Gasteiger partial charge on any atom is -0.384 e. The molecule has 0 saturated carbocycles. The Hall–Kier alpha value is -1.19. The van der Waals surface area contributed by atoms with Crippen molar-refractivity contribution in [2.75, 3.05) is 13.7 Å². The first-order chi connectivity index (χ1) is 9.22. The summed E-state index contributed by atoms with van der Waals surface area (Å²) in [5.41, 5.74) is 2.93. The molecule has 0 spiro atoms. The third-order valence-electron chi connectivity index (χ3n) is 3.05. The van der Waals surface area contributed by atoms with Crippen LogP contribution in [0.2, 0.25) is 0 Å². The topological polar surface area (TPSA) is 9.23 Å². The second-order valence-electron chi connectivity index (χ2n) is 4.37. The van der Waals surface area contributed by atoms with Gasteiger partial charge in [0, 0.05) is 12.7 Å². The first-order valence-corrected chi connectivity index (χ1v) is 7.10. The van der Waals surface area contributed by atoms with Crippen LogP contribution < -0.4 is 0 Å². The number of hydrogen-bond donors (Lipinski definition) is 0. The molecule has 0 aliphatic heterocycles. The summed E-state index contributed by atoms with van der Waals surface area (Å²) in [7, 11) is 1.70. The Morgan fingerprint density at radius 1 is 1.11 bits per heavy atom. The van der Waals surface area contributed by atoms with Gasteiger partial charge in [0.25, 0.3) is 0 Å². The minimum atomic E-state index is -0.187. The fourth-order valence-electron chi connectivity index (χ4n) is 1.93. The maximum absolute atomic E-state index is 13.7. The number of benzene rings is 2. The summed E-state index contributed by atoms with van der Waals surface area (Å²) in [4.78, 5) is -0.120. The van der Waals surface area contributed by atoms with Crippen molar-refractivity contribution in [1.29, 1.82) is 0 Å². The standard InChI is InChI=1S/C16H16BrFO/c1-19-11-10-12-6-8-13(9-7-12)16(17)14-4-2-3-5-15(14)18/h2-9,16H,10-11H2,1H3. The van der Waals surface area contributed by atoms with Crippen LogP contribution in [-0.4, -0.2) is 13.7 Å². The van der Waals surface area contributed by atoms with Crippen LogP contribution in [0.25, 0.3) is 0 Å². The average molecular weight is 323 g/mol. The molecule has 1 unspecified atom stereocenters. The molecule has 0 saturated heterocycles. The van der Waals surface area contributed by atoms with Gasteiger partial charge in [-0.1, -0.05) is 58.4 Å². The predicted molar refractivity (Wildman–Crippen MR) is 79.2 cm³/mol. The Bertz CT molecular complexity index is 525. The van der Waals surface area contributed by atoms with E-state index in [0.29, 0.717) is 12.2 Å². The Morgan fingerprint density at radius 3 is 2.42 bits per heavy atom. The molecule has 0 aliphatic rings. The second kappa shape index (κ2) is 6.83. The van der Waals surface area contributed by atoms with Crippen LogP contribution in [-0.2, 0) is 11.2 Å². The van der Waals surface area contributed by atoms with Gasteiger partial charge in [0.15, 0.2) is 0 Å². The first-order valence-electron chi connectivity index (χ1n) is 6.18. The number of halogens is 2. The Labute approximate surface area is 121 Å². The van der Waals surface area contributed by atoms with Crippen molar-refractivity contribution < 1.29 is 9.13 Å². The molecule has 3 heteroatoms. The number of alkyl halides is 1. The van der Waals surface area contributed by atoms with Gasteiger partial charge in [0.2, 0.25) is 0 Å². The zero-order chi connectivity index (χ0) is 13.7. The summed E-state index contributed by atoms with van der Waals surface area (Å²) >= 11 is 3.56. The fourth-order valence-corrected chi connectivity index (χ4v) is 2.61.